The number of thiazole rings is 1. The molecule has 94 valence electrons. The molecule has 2 rings (SSSR count). The molecule has 18 heavy (non-hydrogen) atoms. The van der Waals surface area contributed by atoms with Gasteiger partial charge in [-0.15, -0.1) is 0 Å². The topological polar surface area (TPSA) is 59.3 Å². The van der Waals surface area contributed by atoms with Gasteiger partial charge in [-0.05, 0) is 19.4 Å². The Hall–Kier alpha value is -1.88. The molecule has 1 heterocycles. The molecule has 0 aliphatic heterocycles. The highest BCUT2D eigenvalue weighted by Crippen LogP contribution is 2.13. The quantitative estimate of drug-likeness (QED) is 0.924. The van der Waals surface area contributed by atoms with Crippen LogP contribution in [0.5, 0.6) is 0 Å². The molecular formula is C13H13NO3S. The summed E-state index contributed by atoms with van der Waals surface area (Å²) in [4.78, 5) is 22.6. The number of carboxylic acids is 1. The summed E-state index contributed by atoms with van der Waals surface area (Å²) in [6.45, 7) is 4.07. The minimum Gasteiger partial charge on any atom is -0.477 e. The van der Waals surface area contributed by atoms with Crippen LogP contribution in [-0.2, 0) is 6.54 Å². The van der Waals surface area contributed by atoms with Gasteiger partial charge in [0.05, 0.1) is 6.54 Å². The van der Waals surface area contributed by atoms with Crippen LogP contribution in [0.4, 0.5) is 0 Å². The Bertz CT molecular complexity index is 637. The number of carbonyl (C=O) groups is 1. The minimum atomic E-state index is -1.04. The van der Waals surface area contributed by atoms with Crippen LogP contribution in [0.25, 0.3) is 0 Å². The number of aromatic carboxylic acids is 1. The number of hydrogen-bond donors (Lipinski definition) is 1. The number of nitrogens with zero attached hydrogens (tertiary/aromatic N) is 1. The number of aromatic nitrogens is 1. The minimum absolute atomic E-state index is 0.118. The van der Waals surface area contributed by atoms with Crippen LogP contribution >= 0.6 is 11.3 Å². The Morgan fingerprint density at radius 3 is 2.39 bits per heavy atom. The second-order valence-corrected chi connectivity index (χ2v) is 5.12. The van der Waals surface area contributed by atoms with Crippen molar-refractivity contribution in [3.63, 3.8) is 0 Å². The highest BCUT2D eigenvalue weighted by atomic mass is 32.1. The first kappa shape index (κ1) is 12.6. The molecule has 0 aliphatic rings. The van der Waals surface area contributed by atoms with E-state index in [9.17, 15) is 9.59 Å². The van der Waals surface area contributed by atoms with Crippen molar-refractivity contribution in [2.24, 2.45) is 0 Å². The molecule has 0 amide bonds. The molecule has 0 saturated carbocycles. The summed E-state index contributed by atoms with van der Waals surface area (Å²) in [5.41, 5.74) is 2.65. The zero-order valence-electron chi connectivity index (χ0n) is 10.1. The van der Waals surface area contributed by atoms with E-state index in [0.29, 0.717) is 12.2 Å². The zero-order chi connectivity index (χ0) is 13.3. The molecule has 2 aromatic rings. The summed E-state index contributed by atoms with van der Waals surface area (Å²) in [5.74, 6) is -1.04. The standard InChI is InChI=1S/C13H13NO3S/c1-8-3-5-10(6-4-8)7-14-9(2)11(12(15)16)18-13(14)17/h3-6H,7H2,1-2H3,(H,15,16). The first-order valence-electron chi connectivity index (χ1n) is 5.48. The van der Waals surface area contributed by atoms with Gasteiger partial charge in [0.1, 0.15) is 4.88 Å². The first-order valence-corrected chi connectivity index (χ1v) is 6.29. The third kappa shape index (κ3) is 2.36. The van der Waals surface area contributed by atoms with Crippen LogP contribution in [0.3, 0.4) is 0 Å². The highest BCUT2D eigenvalue weighted by molar-refractivity contribution is 7.11. The molecule has 1 N–H and O–H groups in total. The number of hydrogen-bond acceptors (Lipinski definition) is 3. The van der Waals surface area contributed by atoms with Gasteiger partial charge in [0, 0.05) is 5.69 Å². The molecular weight excluding hydrogens is 250 g/mol. The molecule has 0 aliphatic carbocycles. The molecule has 0 saturated heterocycles. The van der Waals surface area contributed by atoms with Gasteiger partial charge in [-0.3, -0.25) is 9.36 Å². The molecule has 0 radical (unpaired) electrons. The third-order valence-corrected chi connectivity index (χ3v) is 3.87. The number of carboxylic acid groups (broad SMARTS) is 1. The Labute approximate surface area is 108 Å². The molecule has 1 aromatic carbocycles. The van der Waals surface area contributed by atoms with E-state index in [2.05, 4.69) is 0 Å². The predicted octanol–water partition coefficient (Wildman–Crippen LogP) is 2.27. The maximum absolute atomic E-state index is 11.8. The van der Waals surface area contributed by atoms with Gasteiger partial charge >= 0.3 is 10.8 Å². The molecule has 5 heteroatoms. The van der Waals surface area contributed by atoms with E-state index >= 15 is 0 Å². The number of rotatable bonds is 3. The maximum Gasteiger partial charge on any atom is 0.347 e. The summed E-state index contributed by atoms with van der Waals surface area (Å²) in [7, 11) is 0. The predicted molar refractivity (Wildman–Crippen MR) is 70.6 cm³/mol. The van der Waals surface area contributed by atoms with Crippen molar-refractivity contribution in [2.45, 2.75) is 20.4 Å². The molecule has 1 aromatic heterocycles. The first-order chi connectivity index (χ1) is 8.49. The monoisotopic (exact) mass is 263 g/mol. The maximum atomic E-state index is 11.8. The van der Waals surface area contributed by atoms with Crippen LogP contribution in [0, 0.1) is 13.8 Å². The fraction of sp³-hybridized carbons (Fsp3) is 0.231. The van der Waals surface area contributed by atoms with Gasteiger partial charge < -0.3 is 5.11 Å². The van der Waals surface area contributed by atoms with Crippen molar-refractivity contribution < 1.29 is 9.90 Å². The molecule has 0 fully saturated rings. The van der Waals surface area contributed by atoms with E-state index in [-0.39, 0.29) is 9.75 Å². The second kappa shape index (κ2) is 4.78. The zero-order valence-corrected chi connectivity index (χ0v) is 11.0. The summed E-state index contributed by atoms with van der Waals surface area (Å²) >= 11 is 0.779. The molecule has 4 nitrogen and oxygen atoms in total. The van der Waals surface area contributed by atoms with E-state index in [1.807, 2.05) is 31.2 Å². The van der Waals surface area contributed by atoms with Crippen molar-refractivity contribution in [1.29, 1.82) is 0 Å². The second-order valence-electron chi connectivity index (χ2n) is 4.16. The highest BCUT2D eigenvalue weighted by Gasteiger charge is 2.16. The lowest BCUT2D eigenvalue weighted by Gasteiger charge is -2.05. The van der Waals surface area contributed by atoms with Crippen molar-refractivity contribution in [3.8, 4) is 0 Å². The summed E-state index contributed by atoms with van der Waals surface area (Å²) in [6.07, 6.45) is 0. The lowest BCUT2D eigenvalue weighted by molar-refractivity contribution is 0.0701. The number of aryl methyl sites for hydroxylation is 1. The fourth-order valence-corrected chi connectivity index (χ4v) is 2.56. The number of benzene rings is 1. The van der Waals surface area contributed by atoms with Gasteiger partial charge in [0.2, 0.25) is 0 Å². The Balaban J connectivity index is 2.38. The van der Waals surface area contributed by atoms with Crippen molar-refractivity contribution in [1.82, 2.24) is 4.57 Å². The van der Waals surface area contributed by atoms with Crippen molar-refractivity contribution in [3.05, 3.63) is 55.6 Å². The lowest BCUT2D eigenvalue weighted by atomic mass is 10.1. The van der Waals surface area contributed by atoms with Crippen LogP contribution in [-0.4, -0.2) is 15.6 Å². The van der Waals surface area contributed by atoms with Crippen molar-refractivity contribution in [2.75, 3.05) is 0 Å². The molecule has 0 unspecified atom stereocenters. The van der Waals surface area contributed by atoms with Gasteiger partial charge in [-0.2, -0.15) is 0 Å². The molecule has 0 atom stereocenters. The van der Waals surface area contributed by atoms with Gasteiger partial charge in [0.25, 0.3) is 0 Å². The van der Waals surface area contributed by atoms with Crippen LogP contribution in [0.15, 0.2) is 29.1 Å². The lowest BCUT2D eigenvalue weighted by Crippen LogP contribution is -2.15. The third-order valence-electron chi connectivity index (χ3n) is 2.80. The van der Waals surface area contributed by atoms with E-state index in [0.717, 1.165) is 22.5 Å². The van der Waals surface area contributed by atoms with Crippen LogP contribution in [0.1, 0.15) is 26.5 Å². The average Bonchev–Trinajstić information content (AvgIpc) is 2.60. The largest absolute Gasteiger partial charge is 0.477 e. The van der Waals surface area contributed by atoms with E-state index in [4.69, 9.17) is 5.11 Å². The summed E-state index contributed by atoms with van der Waals surface area (Å²) in [6, 6.07) is 7.83. The van der Waals surface area contributed by atoms with Gasteiger partial charge in [-0.1, -0.05) is 41.2 Å². The van der Waals surface area contributed by atoms with Crippen LogP contribution in [0.2, 0.25) is 0 Å². The summed E-state index contributed by atoms with van der Waals surface area (Å²) in [5, 5.41) is 8.96. The smallest absolute Gasteiger partial charge is 0.347 e. The van der Waals surface area contributed by atoms with Crippen LogP contribution < -0.4 is 4.87 Å². The molecule has 0 bridgehead atoms. The van der Waals surface area contributed by atoms with E-state index in [1.165, 1.54) is 4.57 Å². The molecule has 0 spiro atoms. The van der Waals surface area contributed by atoms with E-state index in [1.54, 1.807) is 6.92 Å². The average molecular weight is 263 g/mol. The fourth-order valence-electron chi connectivity index (χ4n) is 1.73. The van der Waals surface area contributed by atoms with Gasteiger partial charge in [0.15, 0.2) is 0 Å². The normalized spacial score (nSPS) is 10.6. The Morgan fingerprint density at radius 1 is 1.28 bits per heavy atom. The van der Waals surface area contributed by atoms with E-state index < -0.39 is 5.97 Å². The van der Waals surface area contributed by atoms with Crippen molar-refractivity contribution >= 4 is 17.3 Å². The Kier molecular flexibility index (Phi) is 3.34. The Morgan fingerprint density at radius 2 is 1.89 bits per heavy atom. The van der Waals surface area contributed by atoms with Gasteiger partial charge in [-0.25, -0.2) is 4.79 Å². The summed E-state index contributed by atoms with van der Waals surface area (Å²) < 4.78 is 1.50. The SMILES string of the molecule is Cc1ccc(Cn2c(C)c(C(=O)O)sc2=O)cc1.